The van der Waals surface area contributed by atoms with E-state index in [1.54, 1.807) is 12.4 Å². The van der Waals surface area contributed by atoms with Gasteiger partial charge in [0.1, 0.15) is 0 Å². The van der Waals surface area contributed by atoms with Crippen LogP contribution in [0, 0.1) is 5.92 Å². The Morgan fingerprint density at radius 3 is 2.25 bits per heavy atom. The molecule has 0 amide bonds. The summed E-state index contributed by atoms with van der Waals surface area (Å²) in [5, 5.41) is 0. The number of alkyl halides is 1. The van der Waals surface area contributed by atoms with Crippen molar-refractivity contribution in [1.82, 2.24) is 9.97 Å². The van der Waals surface area contributed by atoms with Crippen molar-refractivity contribution in [2.45, 2.75) is 39.1 Å². The maximum absolute atomic E-state index is 5.70. The highest BCUT2D eigenvalue weighted by molar-refractivity contribution is 6.17. The molecule has 0 radical (unpaired) electrons. The Hall–Kier alpha value is -0.830. The van der Waals surface area contributed by atoms with Gasteiger partial charge in [0, 0.05) is 31.0 Å². The number of rotatable bonds is 5. The van der Waals surface area contributed by atoms with E-state index in [0.717, 1.165) is 17.9 Å². The summed E-state index contributed by atoms with van der Waals surface area (Å²) in [6.45, 7) is 6.64. The number of hydrogen-bond donors (Lipinski definition) is 0. The molecule has 1 aromatic rings. The first-order chi connectivity index (χ1) is 7.54. The highest BCUT2D eigenvalue weighted by Gasteiger charge is 2.13. The maximum atomic E-state index is 5.70. The first-order valence-electron chi connectivity index (χ1n) is 5.64. The summed E-state index contributed by atoms with van der Waals surface area (Å²) in [6, 6.07) is 0.446. The zero-order valence-corrected chi connectivity index (χ0v) is 11.2. The van der Waals surface area contributed by atoms with E-state index in [0.29, 0.717) is 17.8 Å². The van der Waals surface area contributed by atoms with Gasteiger partial charge in [0.05, 0.1) is 5.88 Å². The molecule has 0 aliphatic rings. The number of anilines is 1. The summed E-state index contributed by atoms with van der Waals surface area (Å²) in [5.41, 5.74) is 0.954. The van der Waals surface area contributed by atoms with Crippen molar-refractivity contribution in [3.05, 3.63) is 18.0 Å². The lowest BCUT2D eigenvalue weighted by molar-refractivity contribution is 0.499. The molecule has 1 aromatic heterocycles. The minimum Gasteiger partial charge on any atom is -0.341 e. The van der Waals surface area contributed by atoms with E-state index in [1.165, 1.54) is 0 Å². The van der Waals surface area contributed by atoms with Gasteiger partial charge in [-0.1, -0.05) is 13.8 Å². The lowest BCUT2D eigenvalue weighted by Crippen LogP contribution is -2.31. The van der Waals surface area contributed by atoms with Crippen LogP contribution in [-0.2, 0) is 5.88 Å². The van der Waals surface area contributed by atoms with Crippen molar-refractivity contribution >= 4 is 17.5 Å². The summed E-state index contributed by atoms with van der Waals surface area (Å²) >= 11 is 5.70. The van der Waals surface area contributed by atoms with E-state index < -0.39 is 0 Å². The number of hydrogen-bond acceptors (Lipinski definition) is 3. The van der Waals surface area contributed by atoms with Crippen molar-refractivity contribution in [2.75, 3.05) is 11.9 Å². The van der Waals surface area contributed by atoms with Crippen LogP contribution in [0.15, 0.2) is 12.4 Å². The third-order valence-electron chi connectivity index (χ3n) is 2.64. The van der Waals surface area contributed by atoms with Gasteiger partial charge in [-0.3, -0.25) is 0 Å². The highest BCUT2D eigenvalue weighted by Crippen LogP contribution is 2.15. The molecule has 3 nitrogen and oxygen atoms in total. The molecule has 4 heteroatoms. The Labute approximate surface area is 103 Å². The van der Waals surface area contributed by atoms with Crippen molar-refractivity contribution in [3.63, 3.8) is 0 Å². The average molecular weight is 242 g/mol. The first-order valence-corrected chi connectivity index (χ1v) is 6.17. The van der Waals surface area contributed by atoms with Crippen molar-refractivity contribution in [1.29, 1.82) is 0 Å². The minimum absolute atomic E-state index is 0.446. The predicted molar refractivity (Wildman–Crippen MR) is 68.9 cm³/mol. The molecule has 0 saturated heterocycles. The summed E-state index contributed by atoms with van der Waals surface area (Å²) in [7, 11) is 2.03. The zero-order valence-electron chi connectivity index (χ0n) is 10.4. The highest BCUT2D eigenvalue weighted by atomic mass is 35.5. The number of nitrogens with zero attached hydrogens (tertiary/aromatic N) is 3. The fourth-order valence-corrected chi connectivity index (χ4v) is 1.77. The van der Waals surface area contributed by atoms with Gasteiger partial charge in [-0.05, 0) is 19.3 Å². The Kier molecular flexibility index (Phi) is 5.00. The van der Waals surface area contributed by atoms with Crippen LogP contribution >= 0.6 is 11.6 Å². The first kappa shape index (κ1) is 13.2. The Morgan fingerprint density at radius 2 is 1.81 bits per heavy atom. The van der Waals surface area contributed by atoms with Gasteiger partial charge in [-0.2, -0.15) is 0 Å². The monoisotopic (exact) mass is 241 g/mol. The third-order valence-corrected chi connectivity index (χ3v) is 2.94. The molecule has 1 unspecified atom stereocenters. The number of halogens is 1. The molecule has 0 bridgehead atoms. The van der Waals surface area contributed by atoms with Gasteiger partial charge < -0.3 is 4.90 Å². The van der Waals surface area contributed by atoms with E-state index >= 15 is 0 Å². The van der Waals surface area contributed by atoms with Crippen LogP contribution in [0.5, 0.6) is 0 Å². The molecule has 0 aromatic carbocycles. The van der Waals surface area contributed by atoms with E-state index in [2.05, 4.69) is 35.6 Å². The molecule has 0 spiro atoms. The van der Waals surface area contributed by atoms with Crippen LogP contribution in [0.4, 0.5) is 5.95 Å². The quantitative estimate of drug-likeness (QED) is 0.742. The molecule has 16 heavy (non-hydrogen) atoms. The SMILES string of the molecule is CC(C)CC(C)N(C)c1ncc(CCl)cn1. The van der Waals surface area contributed by atoms with E-state index in [-0.39, 0.29) is 0 Å². The summed E-state index contributed by atoms with van der Waals surface area (Å²) in [4.78, 5) is 10.7. The molecule has 0 saturated carbocycles. The minimum atomic E-state index is 0.446. The third kappa shape index (κ3) is 3.63. The van der Waals surface area contributed by atoms with Gasteiger partial charge in [-0.25, -0.2) is 9.97 Å². The maximum Gasteiger partial charge on any atom is 0.225 e. The second kappa shape index (κ2) is 6.04. The molecule has 0 N–H and O–H groups in total. The second-order valence-electron chi connectivity index (χ2n) is 4.61. The Bertz CT molecular complexity index is 311. The molecule has 1 atom stereocenters. The van der Waals surface area contributed by atoms with Crippen molar-refractivity contribution < 1.29 is 0 Å². The molecule has 0 aliphatic carbocycles. The van der Waals surface area contributed by atoms with Gasteiger partial charge in [-0.15, -0.1) is 11.6 Å². The summed E-state index contributed by atoms with van der Waals surface area (Å²) < 4.78 is 0. The number of aromatic nitrogens is 2. The zero-order chi connectivity index (χ0) is 12.1. The molecule has 0 fully saturated rings. The van der Waals surface area contributed by atoms with Crippen LogP contribution in [0.3, 0.4) is 0 Å². The topological polar surface area (TPSA) is 29.0 Å². The summed E-state index contributed by atoms with van der Waals surface area (Å²) in [5.74, 6) is 1.91. The Morgan fingerprint density at radius 1 is 1.25 bits per heavy atom. The van der Waals surface area contributed by atoms with Crippen LogP contribution in [0.25, 0.3) is 0 Å². The normalized spacial score (nSPS) is 12.9. The fraction of sp³-hybridized carbons (Fsp3) is 0.667. The van der Waals surface area contributed by atoms with E-state index in [9.17, 15) is 0 Å². The van der Waals surface area contributed by atoms with Crippen molar-refractivity contribution in [3.8, 4) is 0 Å². The van der Waals surface area contributed by atoms with Crippen LogP contribution in [-0.4, -0.2) is 23.1 Å². The predicted octanol–water partition coefficient (Wildman–Crippen LogP) is 3.09. The molecular formula is C12H20ClN3. The van der Waals surface area contributed by atoms with Crippen LogP contribution in [0.2, 0.25) is 0 Å². The fourth-order valence-electron chi connectivity index (χ4n) is 1.64. The average Bonchev–Trinajstić information content (AvgIpc) is 2.27. The van der Waals surface area contributed by atoms with Gasteiger partial charge in [0.2, 0.25) is 5.95 Å². The van der Waals surface area contributed by atoms with Gasteiger partial charge >= 0.3 is 0 Å². The largest absolute Gasteiger partial charge is 0.341 e. The summed E-state index contributed by atoms with van der Waals surface area (Å²) in [6.07, 6.45) is 4.71. The smallest absolute Gasteiger partial charge is 0.225 e. The van der Waals surface area contributed by atoms with Crippen LogP contribution in [0.1, 0.15) is 32.8 Å². The Balaban J connectivity index is 2.67. The molecule has 1 rings (SSSR count). The van der Waals surface area contributed by atoms with E-state index in [4.69, 9.17) is 11.6 Å². The standard InChI is InChI=1S/C12H20ClN3/c1-9(2)5-10(3)16(4)12-14-7-11(6-13)8-15-12/h7-10H,5-6H2,1-4H3. The molecule has 90 valence electrons. The lowest BCUT2D eigenvalue weighted by atomic mass is 10.0. The van der Waals surface area contributed by atoms with Crippen molar-refractivity contribution in [2.24, 2.45) is 5.92 Å². The van der Waals surface area contributed by atoms with Crippen LogP contribution < -0.4 is 4.90 Å². The van der Waals surface area contributed by atoms with Gasteiger partial charge in [0.25, 0.3) is 0 Å². The second-order valence-corrected chi connectivity index (χ2v) is 4.88. The lowest BCUT2D eigenvalue weighted by Gasteiger charge is -2.26. The molecule has 1 heterocycles. The van der Waals surface area contributed by atoms with E-state index in [1.807, 2.05) is 7.05 Å². The molecular weight excluding hydrogens is 222 g/mol. The molecule has 0 aliphatic heterocycles. The van der Waals surface area contributed by atoms with Gasteiger partial charge in [0.15, 0.2) is 0 Å².